The summed E-state index contributed by atoms with van der Waals surface area (Å²) < 4.78 is 5.40. The fraction of sp³-hybridized carbons (Fsp3) is 0.720. The molecule has 3 fully saturated rings. The number of benzene rings is 1. The van der Waals surface area contributed by atoms with E-state index in [9.17, 15) is 4.79 Å². The summed E-state index contributed by atoms with van der Waals surface area (Å²) in [5.74, 6) is 1.00. The molecule has 0 spiro atoms. The van der Waals surface area contributed by atoms with Gasteiger partial charge in [-0.25, -0.2) is 0 Å². The first-order valence-corrected chi connectivity index (χ1v) is 12.1. The average molecular weight is 414 g/mol. The van der Waals surface area contributed by atoms with Crippen molar-refractivity contribution in [3.05, 3.63) is 35.9 Å². The number of amides is 1. The van der Waals surface area contributed by atoms with E-state index in [1.807, 2.05) is 0 Å². The number of aryl methyl sites for hydroxylation is 1. The van der Waals surface area contributed by atoms with Crippen molar-refractivity contribution in [2.75, 3.05) is 52.5 Å². The Balaban J connectivity index is 1.09. The van der Waals surface area contributed by atoms with Gasteiger partial charge >= 0.3 is 0 Å². The highest BCUT2D eigenvalue weighted by atomic mass is 16.5. The Morgan fingerprint density at radius 3 is 2.47 bits per heavy atom. The van der Waals surface area contributed by atoms with Crippen LogP contribution in [0.25, 0.3) is 0 Å². The van der Waals surface area contributed by atoms with Gasteiger partial charge in [0.1, 0.15) is 0 Å². The molecular weight excluding hydrogens is 374 g/mol. The molecule has 0 radical (unpaired) electrons. The first kappa shape index (κ1) is 21.8. The van der Waals surface area contributed by atoms with Gasteiger partial charge in [-0.1, -0.05) is 30.3 Å². The second-order valence-corrected chi connectivity index (χ2v) is 9.45. The van der Waals surface area contributed by atoms with Gasteiger partial charge in [-0.2, -0.15) is 0 Å². The molecule has 0 aliphatic carbocycles. The molecule has 5 heteroatoms. The van der Waals surface area contributed by atoms with Crippen molar-refractivity contribution in [2.45, 2.75) is 51.0 Å². The van der Waals surface area contributed by atoms with E-state index in [-0.39, 0.29) is 11.8 Å². The lowest BCUT2D eigenvalue weighted by atomic mass is 9.92. The van der Waals surface area contributed by atoms with Crippen LogP contribution in [0.1, 0.15) is 44.1 Å². The highest BCUT2D eigenvalue weighted by Crippen LogP contribution is 2.24. The molecule has 4 rings (SSSR count). The van der Waals surface area contributed by atoms with Crippen LogP contribution in [0.3, 0.4) is 0 Å². The van der Waals surface area contributed by atoms with Gasteiger partial charge in [-0.3, -0.25) is 4.79 Å². The van der Waals surface area contributed by atoms with Crippen LogP contribution in [0.4, 0.5) is 0 Å². The maximum Gasteiger partial charge on any atom is 0.223 e. The summed E-state index contributed by atoms with van der Waals surface area (Å²) in [6.45, 7) is 8.30. The molecule has 3 heterocycles. The van der Waals surface area contributed by atoms with E-state index in [0.717, 1.165) is 58.2 Å². The number of hydrogen-bond donors (Lipinski definition) is 1. The Kier molecular flexibility index (Phi) is 8.18. The van der Waals surface area contributed by atoms with E-state index in [0.29, 0.717) is 5.92 Å². The fourth-order valence-corrected chi connectivity index (χ4v) is 5.32. The minimum atomic E-state index is 0.210. The van der Waals surface area contributed by atoms with Gasteiger partial charge in [-0.15, -0.1) is 0 Å². The lowest BCUT2D eigenvalue weighted by Gasteiger charge is -2.41. The molecule has 0 bridgehead atoms. The van der Waals surface area contributed by atoms with Crippen molar-refractivity contribution < 1.29 is 9.53 Å². The maximum atomic E-state index is 12.5. The van der Waals surface area contributed by atoms with Crippen molar-refractivity contribution >= 4 is 5.91 Å². The summed E-state index contributed by atoms with van der Waals surface area (Å²) in [5, 5.41) is 3.18. The molecule has 0 saturated carbocycles. The quantitative estimate of drug-likeness (QED) is 0.712. The van der Waals surface area contributed by atoms with E-state index in [2.05, 4.69) is 45.4 Å². The molecule has 5 nitrogen and oxygen atoms in total. The molecule has 1 atom stereocenters. The average Bonchev–Trinajstić information content (AvgIpc) is 3.33. The van der Waals surface area contributed by atoms with Gasteiger partial charge in [0.15, 0.2) is 0 Å². The molecule has 0 aromatic heterocycles. The summed E-state index contributed by atoms with van der Waals surface area (Å²) in [6, 6.07) is 11.6. The molecule has 1 N–H and O–H groups in total. The van der Waals surface area contributed by atoms with Crippen LogP contribution in [0.15, 0.2) is 30.3 Å². The Morgan fingerprint density at radius 2 is 1.77 bits per heavy atom. The summed E-state index contributed by atoms with van der Waals surface area (Å²) in [5.41, 5.74) is 1.45. The topological polar surface area (TPSA) is 44.8 Å². The Bertz CT molecular complexity index is 631. The first-order valence-electron chi connectivity index (χ1n) is 12.1. The van der Waals surface area contributed by atoms with Crippen molar-refractivity contribution in [1.82, 2.24) is 15.1 Å². The van der Waals surface area contributed by atoms with Gasteiger partial charge in [0.05, 0.1) is 6.61 Å². The zero-order valence-corrected chi connectivity index (χ0v) is 18.4. The lowest BCUT2D eigenvalue weighted by Crippen LogP contribution is -2.49. The fourth-order valence-electron chi connectivity index (χ4n) is 5.32. The van der Waals surface area contributed by atoms with E-state index >= 15 is 0 Å². The third kappa shape index (κ3) is 6.29. The zero-order valence-electron chi connectivity index (χ0n) is 18.4. The van der Waals surface area contributed by atoms with Crippen LogP contribution in [-0.2, 0) is 16.0 Å². The maximum absolute atomic E-state index is 12.5. The Hall–Kier alpha value is -1.43. The number of hydrogen-bond acceptors (Lipinski definition) is 4. The standard InChI is InChI=1S/C25H39N3O2/c29-25(26-19-22-12-18-30-20-22)23-8-16-28(17-9-23)24-10-14-27(15-11-24)13-4-7-21-5-2-1-3-6-21/h1-3,5-6,22-24H,4,7-20H2,(H,26,29)/t22-/m0/s1. The second kappa shape index (κ2) is 11.3. The molecule has 1 amide bonds. The van der Waals surface area contributed by atoms with Crippen LogP contribution in [-0.4, -0.2) is 74.2 Å². The number of rotatable bonds is 8. The molecule has 3 aliphatic heterocycles. The highest BCUT2D eigenvalue weighted by molar-refractivity contribution is 5.78. The predicted molar refractivity (Wildman–Crippen MR) is 120 cm³/mol. The van der Waals surface area contributed by atoms with Crippen molar-refractivity contribution in [1.29, 1.82) is 0 Å². The minimum absolute atomic E-state index is 0.210. The van der Waals surface area contributed by atoms with Crippen molar-refractivity contribution in [3.63, 3.8) is 0 Å². The van der Waals surface area contributed by atoms with Crippen LogP contribution in [0.5, 0.6) is 0 Å². The third-order valence-corrected chi connectivity index (χ3v) is 7.35. The molecule has 1 aromatic carbocycles. The minimum Gasteiger partial charge on any atom is -0.381 e. The number of carbonyl (C=O) groups excluding carboxylic acids is 1. The molecule has 3 saturated heterocycles. The van der Waals surface area contributed by atoms with Crippen molar-refractivity contribution in [2.24, 2.45) is 11.8 Å². The summed E-state index contributed by atoms with van der Waals surface area (Å²) in [6.07, 6.45) is 8.12. The largest absolute Gasteiger partial charge is 0.381 e. The summed E-state index contributed by atoms with van der Waals surface area (Å²) in [7, 11) is 0. The number of nitrogens with one attached hydrogen (secondary N) is 1. The molecule has 3 aliphatic rings. The van der Waals surface area contributed by atoms with E-state index < -0.39 is 0 Å². The predicted octanol–water partition coefficient (Wildman–Crippen LogP) is 2.95. The molecule has 1 aromatic rings. The molecule has 0 unspecified atom stereocenters. The smallest absolute Gasteiger partial charge is 0.223 e. The number of piperidine rings is 2. The second-order valence-electron chi connectivity index (χ2n) is 9.45. The van der Waals surface area contributed by atoms with Crippen LogP contribution >= 0.6 is 0 Å². The molecule has 30 heavy (non-hydrogen) atoms. The van der Waals surface area contributed by atoms with Crippen molar-refractivity contribution in [3.8, 4) is 0 Å². The highest BCUT2D eigenvalue weighted by Gasteiger charge is 2.30. The van der Waals surface area contributed by atoms with Crippen LogP contribution in [0, 0.1) is 11.8 Å². The summed E-state index contributed by atoms with van der Waals surface area (Å²) >= 11 is 0. The van der Waals surface area contributed by atoms with Crippen LogP contribution < -0.4 is 5.32 Å². The van der Waals surface area contributed by atoms with E-state index in [1.54, 1.807) is 0 Å². The SMILES string of the molecule is O=C(NC[C@@H]1CCOC1)C1CCN(C2CCN(CCCc3ccccc3)CC2)CC1. The first-order chi connectivity index (χ1) is 14.8. The van der Waals surface area contributed by atoms with Gasteiger partial charge in [0, 0.05) is 31.0 Å². The monoisotopic (exact) mass is 413 g/mol. The zero-order chi connectivity index (χ0) is 20.6. The van der Waals surface area contributed by atoms with E-state index in [4.69, 9.17) is 4.74 Å². The Labute approximate surface area is 182 Å². The van der Waals surface area contributed by atoms with E-state index in [1.165, 1.54) is 50.9 Å². The number of likely N-dealkylation sites (tertiary alicyclic amines) is 2. The number of ether oxygens (including phenoxy) is 1. The summed E-state index contributed by atoms with van der Waals surface area (Å²) in [4.78, 5) is 17.8. The number of nitrogens with zero attached hydrogens (tertiary/aromatic N) is 2. The van der Waals surface area contributed by atoms with Gasteiger partial charge in [0.2, 0.25) is 5.91 Å². The van der Waals surface area contributed by atoms with Gasteiger partial charge in [-0.05, 0) is 83.2 Å². The number of carbonyl (C=O) groups is 1. The van der Waals surface area contributed by atoms with Crippen LogP contribution in [0.2, 0.25) is 0 Å². The lowest BCUT2D eigenvalue weighted by molar-refractivity contribution is -0.126. The van der Waals surface area contributed by atoms with Gasteiger partial charge < -0.3 is 19.9 Å². The third-order valence-electron chi connectivity index (χ3n) is 7.35. The van der Waals surface area contributed by atoms with Gasteiger partial charge in [0.25, 0.3) is 0 Å². The molecule has 166 valence electrons. The Morgan fingerprint density at radius 1 is 1.00 bits per heavy atom. The molecular formula is C25H39N3O2. The normalized spacial score (nSPS) is 24.9.